The third-order valence-electron chi connectivity index (χ3n) is 6.91. The van der Waals surface area contributed by atoms with E-state index in [2.05, 4.69) is 35.7 Å². The van der Waals surface area contributed by atoms with Gasteiger partial charge in [-0.2, -0.15) is 0 Å². The fourth-order valence-electron chi connectivity index (χ4n) is 5.33. The molecule has 0 bridgehead atoms. The average molecular weight is 411 g/mol. The molecule has 5 heteroatoms. The number of nitrogens with zero attached hydrogens (tertiary/aromatic N) is 1. The van der Waals surface area contributed by atoms with Crippen molar-refractivity contribution in [3.63, 3.8) is 0 Å². The van der Waals surface area contributed by atoms with Crippen LogP contribution in [0.5, 0.6) is 0 Å². The summed E-state index contributed by atoms with van der Waals surface area (Å²) >= 11 is 0. The van der Waals surface area contributed by atoms with E-state index in [9.17, 15) is 9.59 Å². The Labute approximate surface area is 179 Å². The Morgan fingerprint density at radius 3 is 2.67 bits per heavy atom. The van der Waals surface area contributed by atoms with Gasteiger partial charge in [-0.1, -0.05) is 49.6 Å². The second-order valence-corrected chi connectivity index (χ2v) is 8.92. The SMILES string of the molecule is O=C(NCC(=O)N1CCc2ccccc2C1C1CCCCC1)OCC1=CCCCC1. The van der Waals surface area contributed by atoms with Crippen LogP contribution in [0, 0.1) is 5.92 Å². The molecule has 1 unspecified atom stereocenters. The molecule has 0 aromatic heterocycles. The number of rotatable bonds is 5. The Bertz CT molecular complexity index is 782. The number of fused-ring (bicyclic) bond motifs is 1. The molecule has 1 saturated carbocycles. The Morgan fingerprint density at radius 2 is 1.87 bits per heavy atom. The minimum absolute atomic E-state index is 0.00324. The summed E-state index contributed by atoms with van der Waals surface area (Å²) in [6.45, 7) is 1.06. The maximum atomic E-state index is 13.1. The lowest BCUT2D eigenvalue weighted by Crippen LogP contribution is -2.47. The average Bonchev–Trinajstić information content (AvgIpc) is 2.81. The highest BCUT2D eigenvalue weighted by molar-refractivity contribution is 5.83. The number of carbonyl (C=O) groups excluding carboxylic acids is 2. The Balaban J connectivity index is 1.36. The zero-order valence-corrected chi connectivity index (χ0v) is 17.9. The smallest absolute Gasteiger partial charge is 0.407 e. The van der Waals surface area contributed by atoms with Crippen LogP contribution in [-0.2, 0) is 16.0 Å². The van der Waals surface area contributed by atoms with Gasteiger partial charge in [0.1, 0.15) is 13.2 Å². The summed E-state index contributed by atoms with van der Waals surface area (Å²) in [7, 11) is 0. The third kappa shape index (κ3) is 5.05. The van der Waals surface area contributed by atoms with Crippen molar-refractivity contribution < 1.29 is 14.3 Å². The number of hydrogen-bond donors (Lipinski definition) is 1. The summed E-state index contributed by atoms with van der Waals surface area (Å²) in [4.78, 5) is 27.3. The molecule has 30 heavy (non-hydrogen) atoms. The van der Waals surface area contributed by atoms with Crippen LogP contribution in [0.15, 0.2) is 35.9 Å². The number of nitrogens with one attached hydrogen (secondary N) is 1. The summed E-state index contributed by atoms with van der Waals surface area (Å²) in [5, 5.41) is 2.69. The minimum Gasteiger partial charge on any atom is -0.445 e. The van der Waals surface area contributed by atoms with E-state index >= 15 is 0 Å². The van der Waals surface area contributed by atoms with Crippen molar-refractivity contribution in [1.29, 1.82) is 0 Å². The van der Waals surface area contributed by atoms with E-state index < -0.39 is 6.09 Å². The van der Waals surface area contributed by atoms with Gasteiger partial charge in [0.15, 0.2) is 0 Å². The van der Waals surface area contributed by atoms with E-state index in [1.807, 2.05) is 4.90 Å². The number of carbonyl (C=O) groups is 2. The molecule has 1 atom stereocenters. The minimum atomic E-state index is -0.499. The molecule has 5 nitrogen and oxygen atoms in total. The van der Waals surface area contributed by atoms with Crippen molar-refractivity contribution in [3.05, 3.63) is 47.0 Å². The molecule has 2 aliphatic carbocycles. The zero-order chi connectivity index (χ0) is 20.8. The summed E-state index contributed by atoms with van der Waals surface area (Å²) in [5.74, 6) is 0.503. The van der Waals surface area contributed by atoms with Crippen LogP contribution in [0.3, 0.4) is 0 Å². The van der Waals surface area contributed by atoms with Crippen LogP contribution in [0.25, 0.3) is 0 Å². The molecular formula is C25H34N2O3. The molecule has 0 saturated heterocycles. The predicted molar refractivity (Wildman–Crippen MR) is 117 cm³/mol. The lowest BCUT2D eigenvalue weighted by atomic mass is 9.77. The highest BCUT2D eigenvalue weighted by Gasteiger charge is 2.36. The monoisotopic (exact) mass is 410 g/mol. The highest BCUT2D eigenvalue weighted by Crippen LogP contribution is 2.41. The molecule has 1 aromatic rings. The van der Waals surface area contributed by atoms with E-state index in [0.29, 0.717) is 12.5 Å². The van der Waals surface area contributed by atoms with Crippen LogP contribution < -0.4 is 5.32 Å². The van der Waals surface area contributed by atoms with Crippen molar-refractivity contribution in [2.45, 2.75) is 70.3 Å². The normalized spacial score (nSPS) is 22.1. The van der Waals surface area contributed by atoms with Gasteiger partial charge >= 0.3 is 6.09 Å². The Kier molecular flexibility index (Phi) is 7.08. The van der Waals surface area contributed by atoms with E-state index in [4.69, 9.17) is 4.74 Å². The van der Waals surface area contributed by atoms with Crippen LogP contribution in [0.4, 0.5) is 4.79 Å². The first kappa shape index (κ1) is 21.0. The van der Waals surface area contributed by atoms with Gasteiger partial charge in [-0.05, 0) is 67.6 Å². The van der Waals surface area contributed by atoms with E-state index in [1.54, 1.807) is 0 Å². The number of ether oxygens (including phenoxy) is 1. The standard InChI is InChI=1S/C25H34N2O3/c28-23(17-26-25(29)30-18-19-9-3-1-4-10-19)27-16-15-20-11-7-8-14-22(20)24(27)21-12-5-2-6-13-21/h7-9,11,14,21,24H,1-6,10,12-13,15-18H2,(H,26,29). The maximum Gasteiger partial charge on any atom is 0.407 e. The first-order chi connectivity index (χ1) is 14.7. The van der Waals surface area contributed by atoms with Gasteiger partial charge in [-0.3, -0.25) is 4.79 Å². The molecule has 2 amide bonds. The van der Waals surface area contributed by atoms with Gasteiger partial charge in [-0.25, -0.2) is 4.79 Å². The molecule has 1 aliphatic heterocycles. The Morgan fingerprint density at radius 1 is 1.03 bits per heavy atom. The van der Waals surface area contributed by atoms with Crippen molar-refractivity contribution in [1.82, 2.24) is 10.2 Å². The van der Waals surface area contributed by atoms with Gasteiger partial charge in [0.05, 0.1) is 6.04 Å². The largest absolute Gasteiger partial charge is 0.445 e. The van der Waals surface area contributed by atoms with Crippen LogP contribution in [0.1, 0.15) is 75.0 Å². The van der Waals surface area contributed by atoms with Gasteiger partial charge in [0.25, 0.3) is 0 Å². The molecule has 162 valence electrons. The molecule has 1 heterocycles. The zero-order valence-electron chi connectivity index (χ0n) is 17.9. The van der Waals surface area contributed by atoms with Crippen molar-refractivity contribution in [2.75, 3.05) is 19.7 Å². The second-order valence-electron chi connectivity index (χ2n) is 8.92. The topological polar surface area (TPSA) is 58.6 Å². The molecule has 1 fully saturated rings. The summed E-state index contributed by atoms with van der Waals surface area (Å²) in [6.07, 6.45) is 13.1. The fraction of sp³-hybridized carbons (Fsp3) is 0.600. The number of benzene rings is 1. The maximum absolute atomic E-state index is 13.1. The highest BCUT2D eigenvalue weighted by atomic mass is 16.5. The fourth-order valence-corrected chi connectivity index (χ4v) is 5.33. The number of hydrogen-bond acceptors (Lipinski definition) is 3. The lowest BCUT2D eigenvalue weighted by Gasteiger charge is -2.43. The van der Waals surface area contributed by atoms with Crippen molar-refractivity contribution in [3.8, 4) is 0 Å². The van der Waals surface area contributed by atoms with E-state index in [0.717, 1.165) is 32.2 Å². The summed E-state index contributed by atoms with van der Waals surface area (Å²) < 4.78 is 5.33. The number of amides is 2. The predicted octanol–water partition coefficient (Wildman–Crippen LogP) is 4.92. The first-order valence-electron chi connectivity index (χ1n) is 11.7. The van der Waals surface area contributed by atoms with Crippen molar-refractivity contribution in [2.24, 2.45) is 5.92 Å². The number of allylic oxidation sites excluding steroid dienone is 1. The molecule has 3 aliphatic rings. The molecule has 4 rings (SSSR count). The van der Waals surface area contributed by atoms with E-state index in [-0.39, 0.29) is 18.5 Å². The molecule has 1 aromatic carbocycles. The van der Waals surface area contributed by atoms with Gasteiger partial charge in [0, 0.05) is 6.54 Å². The summed E-state index contributed by atoms with van der Waals surface area (Å²) in [6, 6.07) is 8.69. The van der Waals surface area contributed by atoms with Crippen LogP contribution in [0.2, 0.25) is 0 Å². The molecule has 1 N–H and O–H groups in total. The molecule has 0 radical (unpaired) electrons. The van der Waals surface area contributed by atoms with Crippen LogP contribution in [-0.4, -0.2) is 36.6 Å². The number of alkyl carbamates (subject to hydrolysis) is 1. The van der Waals surface area contributed by atoms with Crippen LogP contribution >= 0.6 is 0 Å². The van der Waals surface area contributed by atoms with Crippen molar-refractivity contribution >= 4 is 12.0 Å². The van der Waals surface area contributed by atoms with E-state index in [1.165, 1.54) is 55.2 Å². The first-order valence-corrected chi connectivity index (χ1v) is 11.7. The van der Waals surface area contributed by atoms with Gasteiger partial charge < -0.3 is 15.0 Å². The third-order valence-corrected chi connectivity index (χ3v) is 6.91. The lowest BCUT2D eigenvalue weighted by molar-refractivity contribution is -0.134. The second kappa shape index (κ2) is 10.1. The Hall–Kier alpha value is -2.30. The molecular weight excluding hydrogens is 376 g/mol. The summed E-state index contributed by atoms with van der Waals surface area (Å²) in [5.41, 5.74) is 3.86. The molecule has 0 spiro atoms. The quantitative estimate of drug-likeness (QED) is 0.701. The van der Waals surface area contributed by atoms with Gasteiger partial charge in [-0.15, -0.1) is 0 Å². The van der Waals surface area contributed by atoms with Gasteiger partial charge in [0.2, 0.25) is 5.91 Å².